The third kappa shape index (κ3) is 2.96. The Morgan fingerprint density at radius 3 is 2.57 bits per heavy atom. The fraction of sp³-hybridized carbons (Fsp3) is 0.600. The van der Waals surface area contributed by atoms with E-state index in [0.29, 0.717) is 0 Å². The van der Waals surface area contributed by atoms with Crippen molar-refractivity contribution in [1.29, 1.82) is 0 Å². The predicted molar refractivity (Wildman–Crippen MR) is 58.2 cm³/mol. The molecule has 4 heteroatoms. The molecular formula is C10H17NO2S. The molecule has 0 fully saturated rings. The van der Waals surface area contributed by atoms with Crippen LogP contribution >= 0.6 is 0 Å². The van der Waals surface area contributed by atoms with Crippen molar-refractivity contribution in [2.24, 2.45) is 0 Å². The molecule has 0 saturated carbocycles. The van der Waals surface area contributed by atoms with Crippen molar-refractivity contribution in [2.75, 3.05) is 0 Å². The van der Waals surface area contributed by atoms with E-state index in [1.54, 1.807) is 6.26 Å². The zero-order valence-electron chi connectivity index (χ0n) is 9.03. The number of hydrogen-bond donors (Lipinski definition) is 1. The lowest BCUT2D eigenvalue weighted by Gasteiger charge is -2.20. The molecule has 0 radical (unpaired) electrons. The van der Waals surface area contributed by atoms with Gasteiger partial charge in [0.1, 0.15) is 5.76 Å². The van der Waals surface area contributed by atoms with Crippen LogP contribution in [0.5, 0.6) is 0 Å². The number of hydrogen-bond acceptors (Lipinski definition) is 2. The van der Waals surface area contributed by atoms with E-state index < -0.39 is 11.0 Å². The lowest BCUT2D eigenvalue weighted by Crippen LogP contribution is -2.34. The molecule has 0 spiro atoms. The van der Waals surface area contributed by atoms with Gasteiger partial charge in [0.2, 0.25) is 0 Å². The summed E-state index contributed by atoms with van der Waals surface area (Å²) in [5.74, 6) is 0.808. The summed E-state index contributed by atoms with van der Waals surface area (Å²) in [4.78, 5) is 0. The summed E-state index contributed by atoms with van der Waals surface area (Å²) in [6, 6.07) is 3.68. The molecule has 1 rings (SSSR count). The second-order valence-corrected chi connectivity index (χ2v) is 6.23. The van der Waals surface area contributed by atoms with Crippen LogP contribution < -0.4 is 4.72 Å². The van der Waals surface area contributed by atoms with Crippen molar-refractivity contribution in [3.8, 4) is 0 Å². The molecule has 0 amide bonds. The Hall–Kier alpha value is -0.610. The Morgan fingerprint density at radius 2 is 2.14 bits per heavy atom. The van der Waals surface area contributed by atoms with Gasteiger partial charge in [0.15, 0.2) is 0 Å². The van der Waals surface area contributed by atoms with Gasteiger partial charge in [-0.3, -0.25) is 0 Å². The Balaban J connectivity index is 2.58. The molecule has 3 nitrogen and oxygen atoms in total. The van der Waals surface area contributed by atoms with Gasteiger partial charge in [0, 0.05) is 0 Å². The van der Waals surface area contributed by atoms with Gasteiger partial charge in [-0.1, -0.05) is 0 Å². The Bertz CT molecular complexity index is 300. The third-order valence-corrected chi connectivity index (χ3v) is 3.49. The van der Waals surface area contributed by atoms with Gasteiger partial charge in [-0.25, -0.2) is 8.93 Å². The van der Waals surface area contributed by atoms with Crippen LogP contribution in [0.1, 0.15) is 39.5 Å². The highest BCUT2D eigenvalue weighted by Gasteiger charge is 2.22. The van der Waals surface area contributed by atoms with Gasteiger partial charge in [0.05, 0.1) is 28.0 Å². The van der Waals surface area contributed by atoms with Crippen molar-refractivity contribution in [2.45, 2.75) is 38.5 Å². The highest BCUT2D eigenvalue weighted by molar-refractivity contribution is 7.84. The first-order chi connectivity index (χ1) is 6.41. The molecular weight excluding hydrogens is 198 g/mol. The van der Waals surface area contributed by atoms with Gasteiger partial charge >= 0.3 is 0 Å². The van der Waals surface area contributed by atoms with Crippen molar-refractivity contribution < 1.29 is 8.63 Å². The molecule has 0 aliphatic heterocycles. The van der Waals surface area contributed by atoms with Crippen molar-refractivity contribution in [1.82, 2.24) is 4.72 Å². The summed E-state index contributed by atoms with van der Waals surface area (Å²) in [7, 11) is -1.06. The topological polar surface area (TPSA) is 42.2 Å². The quantitative estimate of drug-likeness (QED) is 0.841. The summed E-state index contributed by atoms with van der Waals surface area (Å²) >= 11 is 0. The van der Waals surface area contributed by atoms with Gasteiger partial charge in [-0.15, -0.1) is 0 Å². The van der Waals surface area contributed by atoms with E-state index in [0.717, 1.165) is 5.76 Å². The maximum Gasteiger partial charge on any atom is 0.121 e. The van der Waals surface area contributed by atoms with Crippen LogP contribution in [0.3, 0.4) is 0 Å². The predicted octanol–water partition coefficient (Wildman–Crippen LogP) is 2.39. The minimum Gasteiger partial charge on any atom is -0.468 e. The summed E-state index contributed by atoms with van der Waals surface area (Å²) in [5, 5.41) is 0. The number of nitrogens with one attached hydrogen (secondary N) is 1. The van der Waals surface area contributed by atoms with E-state index >= 15 is 0 Å². The monoisotopic (exact) mass is 215 g/mol. The van der Waals surface area contributed by atoms with E-state index in [4.69, 9.17) is 4.42 Å². The van der Waals surface area contributed by atoms with E-state index in [9.17, 15) is 4.21 Å². The molecule has 0 bridgehead atoms. The second-order valence-electron chi connectivity index (χ2n) is 4.24. The maximum atomic E-state index is 11.7. The second kappa shape index (κ2) is 4.28. The molecule has 1 unspecified atom stereocenters. The molecule has 0 saturated heterocycles. The summed E-state index contributed by atoms with van der Waals surface area (Å²) in [6.07, 6.45) is 1.62. The average molecular weight is 215 g/mol. The molecule has 1 N–H and O–H groups in total. The molecule has 1 heterocycles. The minimum absolute atomic E-state index is 0.0231. The van der Waals surface area contributed by atoms with Crippen LogP contribution in [0.4, 0.5) is 0 Å². The fourth-order valence-corrected chi connectivity index (χ4v) is 1.72. The average Bonchev–Trinajstić information content (AvgIpc) is 2.53. The van der Waals surface area contributed by atoms with E-state index in [1.165, 1.54) is 0 Å². The van der Waals surface area contributed by atoms with Gasteiger partial charge in [-0.05, 0) is 39.8 Å². The van der Waals surface area contributed by atoms with E-state index in [1.807, 2.05) is 39.8 Å². The van der Waals surface area contributed by atoms with Crippen LogP contribution in [0, 0.1) is 0 Å². The Kier molecular flexibility index (Phi) is 3.50. The summed E-state index contributed by atoms with van der Waals surface area (Å²) in [6.45, 7) is 7.74. The van der Waals surface area contributed by atoms with Crippen LogP contribution in [-0.4, -0.2) is 8.96 Å². The largest absolute Gasteiger partial charge is 0.468 e. The standard InChI is InChI=1S/C10H17NO2S/c1-8(9-6-5-7-13-9)11-14(12)10(2,3)4/h5-8,11H,1-4H3/t8-,14?/m1/s1. The molecule has 0 aliphatic rings. The minimum atomic E-state index is -1.06. The molecule has 1 aromatic rings. The summed E-state index contributed by atoms with van der Waals surface area (Å²) < 4.78 is 19.7. The first-order valence-corrected chi connectivity index (χ1v) is 5.77. The maximum absolute atomic E-state index is 11.7. The van der Waals surface area contributed by atoms with Crippen LogP contribution in [0.2, 0.25) is 0 Å². The van der Waals surface area contributed by atoms with Gasteiger partial charge in [-0.2, -0.15) is 0 Å². The first kappa shape index (κ1) is 11.5. The highest BCUT2D eigenvalue weighted by Crippen LogP contribution is 2.16. The van der Waals surface area contributed by atoms with E-state index in [2.05, 4.69) is 4.72 Å². The Morgan fingerprint density at radius 1 is 1.50 bits per heavy atom. The van der Waals surface area contributed by atoms with Crippen LogP contribution in [-0.2, 0) is 11.0 Å². The number of rotatable bonds is 3. The smallest absolute Gasteiger partial charge is 0.121 e. The van der Waals surface area contributed by atoms with Crippen LogP contribution in [0.25, 0.3) is 0 Å². The fourth-order valence-electron chi connectivity index (χ4n) is 0.933. The molecule has 0 aromatic carbocycles. The van der Waals surface area contributed by atoms with Crippen LogP contribution in [0.15, 0.2) is 22.8 Å². The van der Waals surface area contributed by atoms with Crippen molar-refractivity contribution in [3.05, 3.63) is 24.2 Å². The molecule has 0 aliphatic carbocycles. The van der Waals surface area contributed by atoms with E-state index in [-0.39, 0.29) is 10.8 Å². The third-order valence-electron chi connectivity index (χ3n) is 1.81. The van der Waals surface area contributed by atoms with Crippen molar-refractivity contribution >= 4 is 11.0 Å². The van der Waals surface area contributed by atoms with Gasteiger partial charge in [0.25, 0.3) is 0 Å². The lowest BCUT2D eigenvalue weighted by molar-refractivity contribution is 0.464. The molecule has 14 heavy (non-hydrogen) atoms. The SMILES string of the molecule is C[C@@H](NS(=O)C(C)(C)C)c1ccco1. The molecule has 2 atom stereocenters. The first-order valence-electron chi connectivity index (χ1n) is 4.62. The lowest BCUT2D eigenvalue weighted by atomic mass is 10.3. The highest BCUT2D eigenvalue weighted by atomic mass is 32.2. The zero-order chi connectivity index (χ0) is 10.8. The van der Waals surface area contributed by atoms with Gasteiger partial charge < -0.3 is 4.42 Å². The molecule has 80 valence electrons. The van der Waals surface area contributed by atoms with Crippen molar-refractivity contribution in [3.63, 3.8) is 0 Å². The zero-order valence-corrected chi connectivity index (χ0v) is 9.85. The molecule has 1 aromatic heterocycles. The normalized spacial score (nSPS) is 16.6. The number of furan rings is 1. The Labute approximate surface area is 87.5 Å². The summed E-state index contributed by atoms with van der Waals surface area (Å²) in [5.41, 5.74) is 0.